The van der Waals surface area contributed by atoms with Crippen molar-refractivity contribution in [2.24, 2.45) is 0 Å². The molecule has 1 N–H and O–H groups in total. The Morgan fingerprint density at radius 3 is 2.57 bits per heavy atom. The molecule has 6 rings (SSSR count). The molecule has 1 saturated heterocycles. The van der Waals surface area contributed by atoms with E-state index in [1.165, 1.54) is 69.8 Å². The number of carboxylic acid groups (broad SMARTS) is 1. The number of aliphatic carboxylic acids is 1. The minimum Gasteiger partial charge on any atom is -0.480 e. The SMILES string of the molecule is CCCCCCCSc1ccc(N2c3ccc(/C=c4\s/c(=C5/SC(=S)N(CC)C5=O)n(CC(=O)O)c4=O)cc3C3CCCC32)cc1. The molecular formula is C35H39N3O4S4. The molecule has 3 heterocycles. The number of hydrogen-bond acceptors (Lipinski definition) is 8. The first-order valence-corrected chi connectivity index (χ1v) is 19.2. The molecule has 0 radical (unpaired) electrons. The van der Waals surface area contributed by atoms with E-state index in [-0.39, 0.29) is 5.91 Å². The minimum absolute atomic E-state index is 0.289. The van der Waals surface area contributed by atoms with Gasteiger partial charge in [-0.3, -0.25) is 23.9 Å². The van der Waals surface area contributed by atoms with E-state index < -0.39 is 18.1 Å². The van der Waals surface area contributed by atoms with Crippen LogP contribution in [0.1, 0.15) is 82.3 Å². The Labute approximate surface area is 287 Å². The molecule has 2 aromatic carbocycles. The van der Waals surface area contributed by atoms with Crippen LogP contribution in [0.4, 0.5) is 11.4 Å². The second kappa shape index (κ2) is 14.5. The number of fused-ring (bicyclic) bond motifs is 3. The third-order valence-corrected chi connectivity index (χ3v) is 12.8. The van der Waals surface area contributed by atoms with Gasteiger partial charge in [0.25, 0.3) is 11.5 Å². The molecule has 7 nitrogen and oxygen atoms in total. The van der Waals surface area contributed by atoms with E-state index in [9.17, 15) is 19.5 Å². The van der Waals surface area contributed by atoms with Crippen molar-refractivity contribution in [1.82, 2.24) is 9.47 Å². The van der Waals surface area contributed by atoms with Crippen molar-refractivity contribution in [2.45, 2.75) is 88.6 Å². The maximum absolute atomic E-state index is 13.5. The fourth-order valence-corrected chi connectivity index (χ4v) is 10.4. The molecule has 0 bridgehead atoms. The summed E-state index contributed by atoms with van der Waals surface area (Å²) in [6.07, 6.45) is 11.8. The number of carbonyl (C=O) groups excluding carboxylic acids is 1. The topological polar surface area (TPSA) is 82.8 Å². The highest BCUT2D eigenvalue weighted by Gasteiger charge is 2.42. The number of nitrogens with zero attached hydrogens (tertiary/aromatic N) is 3. The van der Waals surface area contributed by atoms with Crippen molar-refractivity contribution in [3.05, 3.63) is 73.1 Å². The summed E-state index contributed by atoms with van der Waals surface area (Å²) in [5.41, 5.74) is 4.21. The molecule has 11 heteroatoms. The molecule has 0 spiro atoms. The van der Waals surface area contributed by atoms with Crippen molar-refractivity contribution in [3.63, 3.8) is 0 Å². The molecule has 46 heavy (non-hydrogen) atoms. The minimum atomic E-state index is -1.14. The van der Waals surface area contributed by atoms with Gasteiger partial charge in [-0.25, -0.2) is 0 Å². The number of carboxylic acids is 1. The summed E-state index contributed by atoms with van der Waals surface area (Å²) < 4.78 is 2.34. The van der Waals surface area contributed by atoms with Crippen LogP contribution in [0.2, 0.25) is 0 Å². The number of benzene rings is 2. The lowest BCUT2D eigenvalue weighted by Gasteiger charge is -2.27. The largest absolute Gasteiger partial charge is 0.480 e. The van der Waals surface area contributed by atoms with Gasteiger partial charge in [-0.05, 0) is 85.5 Å². The molecular weight excluding hydrogens is 655 g/mol. The average molecular weight is 694 g/mol. The number of unbranched alkanes of at least 4 members (excludes halogenated alkanes) is 4. The third-order valence-electron chi connectivity index (χ3n) is 9.01. The first-order chi connectivity index (χ1) is 22.3. The van der Waals surface area contributed by atoms with Crippen LogP contribution < -0.4 is 19.7 Å². The smallest absolute Gasteiger partial charge is 0.323 e. The Kier molecular flexibility index (Phi) is 10.4. The Morgan fingerprint density at radius 1 is 1.07 bits per heavy atom. The lowest BCUT2D eigenvalue weighted by molar-refractivity contribution is -0.137. The van der Waals surface area contributed by atoms with E-state index in [4.69, 9.17) is 12.2 Å². The number of aromatic nitrogens is 1. The quantitative estimate of drug-likeness (QED) is 0.128. The van der Waals surface area contributed by atoms with Crippen LogP contribution in [0, 0.1) is 0 Å². The van der Waals surface area contributed by atoms with E-state index >= 15 is 0 Å². The molecule has 1 saturated carbocycles. The first-order valence-electron chi connectivity index (χ1n) is 16.2. The van der Waals surface area contributed by atoms with Gasteiger partial charge in [-0.2, -0.15) is 0 Å². The summed E-state index contributed by atoms with van der Waals surface area (Å²) in [5, 5.41) is 9.57. The number of thioether (sulfide) groups is 2. The highest BCUT2D eigenvalue weighted by Crippen LogP contribution is 2.52. The van der Waals surface area contributed by atoms with Crippen LogP contribution in [0.3, 0.4) is 0 Å². The fraction of sp³-hybridized carbons (Fsp3) is 0.429. The lowest BCUT2D eigenvalue weighted by atomic mass is 9.96. The van der Waals surface area contributed by atoms with Gasteiger partial charge < -0.3 is 10.0 Å². The zero-order valence-electron chi connectivity index (χ0n) is 26.2. The van der Waals surface area contributed by atoms with Crippen molar-refractivity contribution >= 4 is 85.6 Å². The third kappa shape index (κ3) is 6.61. The van der Waals surface area contributed by atoms with Gasteiger partial charge in [0.1, 0.15) is 20.4 Å². The number of hydrogen-bond donors (Lipinski definition) is 1. The number of rotatable bonds is 12. The van der Waals surface area contributed by atoms with Crippen molar-refractivity contribution in [2.75, 3.05) is 17.2 Å². The van der Waals surface area contributed by atoms with Crippen LogP contribution >= 0.6 is 47.1 Å². The van der Waals surface area contributed by atoms with Crippen LogP contribution in [-0.4, -0.2) is 49.1 Å². The van der Waals surface area contributed by atoms with Crippen molar-refractivity contribution in [3.8, 4) is 0 Å². The van der Waals surface area contributed by atoms with Gasteiger partial charge >= 0.3 is 5.97 Å². The maximum Gasteiger partial charge on any atom is 0.323 e. The first kappa shape index (κ1) is 33.1. The number of thiazole rings is 1. The Bertz CT molecular complexity index is 1830. The van der Waals surface area contributed by atoms with E-state index in [1.54, 1.807) is 0 Å². The monoisotopic (exact) mass is 693 g/mol. The molecule has 3 aromatic rings. The summed E-state index contributed by atoms with van der Waals surface area (Å²) in [7, 11) is 0. The molecule has 3 aliphatic rings. The van der Waals surface area contributed by atoms with Gasteiger partial charge in [0, 0.05) is 34.8 Å². The summed E-state index contributed by atoms with van der Waals surface area (Å²) in [6, 6.07) is 15.8. The molecule has 1 aliphatic carbocycles. The van der Waals surface area contributed by atoms with Gasteiger partial charge in [0.05, 0.1) is 4.53 Å². The zero-order valence-corrected chi connectivity index (χ0v) is 29.5. The van der Waals surface area contributed by atoms with Gasteiger partial charge in [0.15, 0.2) is 0 Å². The van der Waals surface area contributed by atoms with Gasteiger partial charge in [-0.15, -0.1) is 23.1 Å². The molecule has 2 atom stereocenters. The normalized spacial score (nSPS) is 20.6. The average Bonchev–Trinajstić information content (AvgIpc) is 3.78. The summed E-state index contributed by atoms with van der Waals surface area (Å²) in [6.45, 7) is 3.98. The van der Waals surface area contributed by atoms with Gasteiger partial charge in [-0.1, -0.05) is 69.1 Å². The van der Waals surface area contributed by atoms with E-state index in [0.29, 0.717) is 36.9 Å². The van der Waals surface area contributed by atoms with E-state index in [0.717, 1.165) is 47.3 Å². The summed E-state index contributed by atoms with van der Waals surface area (Å²) in [4.78, 5) is 43.9. The van der Waals surface area contributed by atoms with E-state index in [2.05, 4.69) is 48.2 Å². The number of carbonyl (C=O) groups is 2. The summed E-state index contributed by atoms with van der Waals surface area (Å²) in [5.74, 6) is 0.152. The second-order valence-electron chi connectivity index (χ2n) is 12.0. The molecule has 2 unspecified atom stereocenters. The van der Waals surface area contributed by atoms with Gasteiger partial charge in [0.2, 0.25) is 0 Å². The molecule has 2 fully saturated rings. The number of thiocarbonyl (C=S) groups is 1. The fourth-order valence-electron chi connectivity index (χ4n) is 6.82. The predicted molar refractivity (Wildman–Crippen MR) is 195 cm³/mol. The van der Waals surface area contributed by atoms with E-state index in [1.807, 2.05) is 30.8 Å². The Morgan fingerprint density at radius 2 is 1.85 bits per heavy atom. The van der Waals surface area contributed by atoms with Crippen molar-refractivity contribution < 1.29 is 14.7 Å². The molecule has 1 aromatic heterocycles. The maximum atomic E-state index is 13.5. The Balaban J connectivity index is 1.30. The highest BCUT2D eigenvalue weighted by atomic mass is 32.2. The van der Waals surface area contributed by atoms with Crippen LogP contribution in [0.5, 0.6) is 0 Å². The zero-order chi connectivity index (χ0) is 32.4. The highest BCUT2D eigenvalue weighted by molar-refractivity contribution is 8.30. The number of anilines is 2. The predicted octanol–water partition coefficient (Wildman–Crippen LogP) is 6.66. The van der Waals surface area contributed by atoms with Crippen LogP contribution in [0.25, 0.3) is 11.0 Å². The lowest BCUT2D eigenvalue weighted by Crippen LogP contribution is -2.35. The number of amides is 1. The second-order valence-corrected chi connectivity index (χ2v) is 15.8. The standard InChI is InChI=1S/C35H39N3O4S4/c1-3-5-6-7-8-18-44-24-15-13-23(14-16-24)38-27-11-9-10-25(27)26-19-22(12-17-28(26)38)20-29-32(41)37(21-30(39)40)34(45-29)31-33(42)36(4-2)35(43)46-31/h12-17,19-20,25,27H,3-11,18,21H2,1-2H3,(H,39,40)/b29-20-,34-31+. The molecule has 1 amide bonds. The van der Waals surface area contributed by atoms with Crippen LogP contribution in [-0.2, 0) is 16.1 Å². The van der Waals surface area contributed by atoms with Crippen LogP contribution in [0.15, 0.2) is 52.2 Å². The molecule has 242 valence electrons. The van der Waals surface area contributed by atoms with Crippen molar-refractivity contribution in [1.29, 1.82) is 0 Å². The molecule has 2 aliphatic heterocycles. The Hall–Kier alpha value is -2.86. The summed E-state index contributed by atoms with van der Waals surface area (Å²) >= 11 is 9.59.